The van der Waals surface area contributed by atoms with Crippen molar-refractivity contribution in [1.82, 2.24) is 9.55 Å². The summed E-state index contributed by atoms with van der Waals surface area (Å²) in [5.74, 6) is -2.41. The van der Waals surface area contributed by atoms with Crippen molar-refractivity contribution in [2.45, 2.75) is 24.4 Å². The maximum Gasteiger partial charge on any atom is 0.266 e. The van der Waals surface area contributed by atoms with E-state index >= 15 is 0 Å². The van der Waals surface area contributed by atoms with Gasteiger partial charge >= 0.3 is 0 Å². The highest BCUT2D eigenvalue weighted by molar-refractivity contribution is 5.19. The van der Waals surface area contributed by atoms with Gasteiger partial charge in [-0.05, 0) is 18.6 Å². The Kier molecular flexibility index (Phi) is 2.15. The van der Waals surface area contributed by atoms with Gasteiger partial charge in [0, 0.05) is 25.9 Å². The summed E-state index contributed by atoms with van der Waals surface area (Å²) in [5.41, 5.74) is -1.36. The lowest BCUT2D eigenvalue weighted by Gasteiger charge is -2.30. The summed E-state index contributed by atoms with van der Waals surface area (Å²) in [5, 5.41) is 10.1. The van der Waals surface area contributed by atoms with Crippen molar-refractivity contribution in [2.75, 3.05) is 0 Å². The Hall–Kier alpha value is -1.23. The first-order valence-electron chi connectivity index (χ1n) is 4.71. The molecular formula is C10H12F2N2O. The van der Waals surface area contributed by atoms with Crippen molar-refractivity contribution in [3.8, 4) is 0 Å². The fraction of sp³-hybridized carbons (Fsp3) is 0.500. The zero-order valence-electron chi connectivity index (χ0n) is 8.32. The van der Waals surface area contributed by atoms with Crippen molar-refractivity contribution < 1.29 is 13.9 Å². The molecule has 1 N–H and O–H groups in total. The van der Waals surface area contributed by atoms with Crippen LogP contribution in [-0.4, -0.2) is 20.6 Å². The molecular weight excluding hydrogens is 202 g/mol. The lowest BCUT2D eigenvalue weighted by Crippen LogP contribution is -2.33. The van der Waals surface area contributed by atoms with Crippen molar-refractivity contribution in [3.63, 3.8) is 0 Å². The van der Waals surface area contributed by atoms with E-state index in [2.05, 4.69) is 4.98 Å². The number of hydrogen-bond acceptors (Lipinski definition) is 2. The Balaban J connectivity index is 2.35. The first-order valence-corrected chi connectivity index (χ1v) is 4.71. The Morgan fingerprint density at radius 3 is 2.60 bits per heavy atom. The van der Waals surface area contributed by atoms with E-state index < -0.39 is 11.5 Å². The number of alkyl halides is 2. The quantitative estimate of drug-likeness (QED) is 0.721. The van der Waals surface area contributed by atoms with Gasteiger partial charge in [0.05, 0.1) is 0 Å². The number of rotatable bonds is 1. The summed E-state index contributed by atoms with van der Waals surface area (Å²) in [6.45, 7) is 0. The third-order valence-electron chi connectivity index (χ3n) is 2.65. The van der Waals surface area contributed by atoms with Crippen LogP contribution in [0.2, 0.25) is 0 Å². The lowest BCUT2D eigenvalue weighted by atomic mass is 9.88. The molecule has 1 aromatic rings. The third-order valence-corrected chi connectivity index (χ3v) is 2.65. The molecule has 1 aliphatic rings. The van der Waals surface area contributed by atoms with Crippen molar-refractivity contribution >= 4 is 0 Å². The lowest BCUT2D eigenvalue weighted by molar-refractivity contribution is -0.0182. The first-order chi connectivity index (χ1) is 6.93. The number of aliphatic hydroxyl groups is 1. The minimum absolute atomic E-state index is 0.0125. The maximum atomic E-state index is 12.9. The maximum absolute atomic E-state index is 12.9. The van der Waals surface area contributed by atoms with E-state index in [4.69, 9.17) is 0 Å². The molecule has 1 atom stereocenters. The van der Waals surface area contributed by atoms with Gasteiger partial charge in [0.25, 0.3) is 5.92 Å². The highest BCUT2D eigenvalue weighted by Crippen LogP contribution is 2.37. The van der Waals surface area contributed by atoms with E-state index in [1.54, 1.807) is 17.8 Å². The summed E-state index contributed by atoms with van der Waals surface area (Å²) in [4.78, 5) is 3.98. The summed E-state index contributed by atoms with van der Waals surface area (Å²) in [6.07, 6.45) is 4.74. The van der Waals surface area contributed by atoms with Crippen LogP contribution >= 0.6 is 0 Å². The van der Waals surface area contributed by atoms with Gasteiger partial charge in [-0.3, -0.25) is 0 Å². The average molecular weight is 214 g/mol. The molecule has 0 saturated heterocycles. The molecule has 0 bridgehead atoms. The van der Waals surface area contributed by atoms with E-state index in [-0.39, 0.29) is 12.8 Å². The zero-order chi connectivity index (χ0) is 11.1. The second-order valence-electron chi connectivity index (χ2n) is 3.88. The number of nitrogens with zero attached hydrogens (tertiary/aromatic N) is 2. The van der Waals surface area contributed by atoms with E-state index in [1.807, 2.05) is 0 Å². The number of aromatic nitrogens is 2. The fourth-order valence-corrected chi connectivity index (χ4v) is 1.75. The van der Waals surface area contributed by atoms with Gasteiger partial charge in [0.15, 0.2) is 0 Å². The smallest absolute Gasteiger partial charge is 0.266 e. The predicted molar refractivity (Wildman–Crippen MR) is 50.4 cm³/mol. The van der Waals surface area contributed by atoms with Crippen LogP contribution < -0.4 is 0 Å². The second kappa shape index (κ2) is 3.13. The second-order valence-corrected chi connectivity index (χ2v) is 3.88. The van der Waals surface area contributed by atoms with Crippen molar-refractivity contribution in [3.05, 3.63) is 30.4 Å². The monoisotopic (exact) mass is 214 g/mol. The molecule has 0 spiro atoms. The number of hydrogen-bond donors (Lipinski definition) is 1. The minimum atomic E-state index is -2.81. The molecule has 2 rings (SSSR count). The van der Waals surface area contributed by atoms with Gasteiger partial charge in [-0.15, -0.1) is 0 Å². The van der Waals surface area contributed by atoms with Gasteiger partial charge in [-0.2, -0.15) is 0 Å². The molecule has 15 heavy (non-hydrogen) atoms. The number of imidazole rings is 1. The number of allylic oxidation sites excluding steroid dienone is 1. The van der Waals surface area contributed by atoms with E-state index in [0.29, 0.717) is 5.82 Å². The van der Waals surface area contributed by atoms with Crippen LogP contribution in [0.25, 0.3) is 0 Å². The summed E-state index contributed by atoms with van der Waals surface area (Å²) < 4.78 is 27.4. The van der Waals surface area contributed by atoms with Gasteiger partial charge in [0.2, 0.25) is 0 Å². The molecule has 0 aromatic carbocycles. The van der Waals surface area contributed by atoms with E-state index in [1.165, 1.54) is 6.20 Å². The molecule has 3 nitrogen and oxygen atoms in total. The van der Waals surface area contributed by atoms with Gasteiger partial charge in [-0.25, -0.2) is 13.8 Å². The number of aryl methyl sites for hydroxylation is 1. The molecule has 0 saturated carbocycles. The molecule has 0 radical (unpaired) electrons. The molecule has 82 valence electrons. The van der Waals surface area contributed by atoms with Gasteiger partial charge in [-0.1, -0.05) is 0 Å². The molecule has 1 aliphatic carbocycles. The zero-order valence-corrected chi connectivity index (χ0v) is 8.32. The standard InChI is InChI=1S/C10H12F2N2O/c1-14-7-6-13-8(14)9(15)2-4-10(11,12)5-3-9/h2,4,6-7,15H,3,5H2,1H3. The summed E-state index contributed by atoms with van der Waals surface area (Å²) >= 11 is 0. The van der Waals surface area contributed by atoms with Crippen LogP contribution in [0, 0.1) is 0 Å². The van der Waals surface area contributed by atoms with Crippen LogP contribution in [-0.2, 0) is 12.6 Å². The van der Waals surface area contributed by atoms with Gasteiger partial charge < -0.3 is 9.67 Å². The van der Waals surface area contributed by atoms with Crippen LogP contribution in [0.4, 0.5) is 8.78 Å². The van der Waals surface area contributed by atoms with Crippen LogP contribution in [0.3, 0.4) is 0 Å². The van der Waals surface area contributed by atoms with E-state index in [0.717, 1.165) is 12.2 Å². The normalized spacial score (nSPS) is 29.3. The molecule has 0 aliphatic heterocycles. The topological polar surface area (TPSA) is 38.0 Å². The molecule has 1 heterocycles. The highest BCUT2D eigenvalue weighted by atomic mass is 19.3. The number of halogens is 2. The highest BCUT2D eigenvalue weighted by Gasteiger charge is 2.40. The Bertz CT molecular complexity index is 400. The fourth-order valence-electron chi connectivity index (χ4n) is 1.75. The average Bonchev–Trinajstić information content (AvgIpc) is 2.58. The van der Waals surface area contributed by atoms with Gasteiger partial charge in [0.1, 0.15) is 11.4 Å². The van der Waals surface area contributed by atoms with Crippen molar-refractivity contribution in [1.29, 1.82) is 0 Å². The molecule has 5 heteroatoms. The Morgan fingerprint density at radius 1 is 1.40 bits per heavy atom. The Labute approximate surface area is 86.1 Å². The van der Waals surface area contributed by atoms with Crippen LogP contribution in [0.15, 0.2) is 24.5 Å². The minimum Gasteiger partial charge on any atom is -0.378 e. The Morgan fingerprint density at radius 2 is 2.13 bits per heavy atom. The predicted octanol–water partition coefficient (Wildman–Crippen LogP) is 1.59. The largest absolute Gasteiger partial charge is 0.378 e. The molecule has 0 amide bonds. The summed E-state index contributed by atoms with van der Waals surface area (Å²) in [6, 6.07) is 0. The first kappa shape index (κ1) is 10.3. The third kappa shape index (κ3) is 1.79. The van der Waals surface area contributed by atoms with Crippen LogP contribution in [0.1, 0.15) is 18.7 Å². The van der Waals surface area contributed by atoms with Crippen LogP contribution in [0.5, 0.6) is 0 Å². The molecule has 0 fully saturated rings. The molecule has 1 aromatic heterocycles. The van der Waals surface area contributed by atoms with E-state index in [9.17, 15) is 13.9 Å². The summed E-state index contributed by atoms with van der Waals surface area (Å²) in [7, 11) is 1.72. The SMILES string of the molecule is Cn1ccnc1C1(O)C=CC(F)(F)CC1. The van der Waals surface area contributed by atoms with Crippen molar-refractivity contribution in [2.24, 2.45) is 7.05 Å². The molecule has 1 unspecified atom stereocenters.